The first-order chi connectivity index (χ1) is 8.15. The molecule has 0 amide bonds. The smallest absolute Gasteiger partial charge is 0.149 e. The lowest BCUT2D eigenvalue weighted by Gasteiger charge is -2.07. The first-order valence-electron chi connectivity index (χ1n) is 5.52. The van der Waals surface area contributed by atoms with E-state index in [9.17, 15) is 0 Å². The van der Waals surface area contributed by atoms with Gasteiger partial charge in [-0.1, -0.05) is 0 Å². The molecule has 2 rings (SSSR count). The Hall–Kier alpha value is -1.62. The molecule has 2 aromatic heterocycles. The summed E-state index contributed by atoms with van der Waals surface area (Å²) in [6.07, 6.45) is 2.71. The Balaban J connectivity index is 1.90. The summed E-state index contributed by atoms with van der Waals surface area (Å²) in [7, 11) is 0. The quantitative estimate of drug-likeness (QED) is 0.872. The van der Waals surface area contributed by atoms with Gasteiger partial charge >= 0.3 is 0 Å². The zero-order chi connectivity index (χ0) is 12.3. The van der Waals surface area contributed by atoms with Crippen molar-refractivity contribution in [3.63, 3.8) is 0 Å². The van der Waals surface area contributed by atoms with Crippen molar-refractivity contribution in [2.24, 2.45) is 0 Å². The lowest BCUT2D eigenvalue weighted by molar-refractivity contribution is 0.978. The van der Waals surface area contributed by atoms with Gasteiger partial charge in [0, 0.05) is 30.2 Å². The van der Waals surface area contributed by atoms with Crippen LogP contribution in [0.5, 0.6) is 0 Å². The molecular weight excluding hydrogens is 232 g/mol. The third-order valence-corrected chi connectivity index (χ3v) is 3.38. The van der Waals surface area contributed by atoms with Gasteiger partial charge < -0.3 is 11.1 Å². The summed E-state index contributed by atoms with van der Waals surface area (Å²) < 4.78 is 0. The van der Waals surface area contributed by atoms with Crippen LogP contribution in [0.3, 0.4) is 0 Å². The number of pyridine rings is 1. The molecule has 4 nitrogen and oxygen atoms in total. The fraction of sp³-hybridized carbons (Fsp3) is 0.333. The molecule has 90 valence electrons. The average Bonchev–Trinajstić information content (AvgIpc) is 2.68. The average molecular weight is 248 g/mol. The van der Waals surface area contributed by atoms with Gasteiger partial charge in [0.25, 0.3) is 0 Å². The van der Waals surface area contributed by atoms with E-state index in [0.29, 0.717) is 5.69 Å². The van der Waals surface area contributed by atoms with E-state index in [1.54, 1.807) is 11.3 Å². The summed E-state index contributed by atoms with van der Waals surface area (Å²) >= 11 is 1.69. The van der Waals surface area contributed by atoms with E-state index in [1.807, 2.05) is 26.1 Å². The van der Waals surface area contributed by atoms with Crippen LogP contribution in [-0.4, -0.2) is 16.5 Å². The van der Waals surface area contributed by atoms with Crippen molar-refractivity contribution in [3.8, 4) is 0 Å². The topological polar surface area (TPSA) is 63.8 Å². The number of rotatable bonds is 4. The largest absolute Gasteiger partial charge is 0.396 e. The van der Waals surface area contributed by atoms with Gasteiger partial charge in [0.2, 0.25) is 0 Å². The fourth-order valence-electron chi connectivity index (χ4n) is 1.54. The highest BCUT2D eigenvalue weighted by molar-refractivity contribution is 7.09. The Morgan fingerprint density at radius 1 is 1.41 bits per heavy atom. The summed E-state index contributed by atoms with van der Waals surface area (Å²) in [5.41, 5.74) is 8.72. The molecule has 0 spiro atoms. The maximum absolute atomic E-state index is 5.87. The number of hydrogen-bond donors (Lipinski definition) is 2. The number of nitrogens with zero attached hydrogens (tertiary/aromatic N) is 2. The Morgan fingerprint density at radius 2 is 2.24 bits per heavy atom. The highest BCUT2D eigenvalue weighted by Gasteiger charge is 2.02. The van der Waals surface area contributed by atoms with Crippen molar-refractivity contribution in [3.05, 3.63) is 33.9 Å². The van der Waals surface area contributed by atoms with E-state index in [-0.39, 0.29) is 0 Å². The van der Waals surface area contributed by atoms with Gasteiger partial charge in [0.15, 0.2) is 0 Å². The minimum Gasteiger partial charge on any atom is -0.396 e. The van der Waals surface area contributed by atoms with Gasteiger partial charge in [-0.25, -0.2) is 9.97 Å². The minimum absolute atomic E-state index is 0.695. The molecule has 2 heterocycles. The van der Waals surface area contributed by atoms with Gasteiger partial charge in [0.1, 0.15) is 5.82 Å². The van der Waals surface area contributed by atoms with Crippen molar-refractivity contribution in [2.75, 3.05) is 17.6 Å². The molecule has 3 N–H and O–H groups in total. The van der Waals surface area contributed by atoms with E-state index in [4.69, 9.17) is 5.73 Å². The van der Waals surface area contributed by atoms with E-state index in [1.165, 1.54) is 0 Å². The van der Waals surface area contributed by atoms with Crippen LogP contribution >= 0.6 is 11.3 Å². The Kier molecular flexibility index (Phi) is 3.58. The molecule has 0 aliphatic carbocycles. The van der Waals surface area contributed by atoms with E-state index in [0.717, 1.165) is 35.0 Å². The van der Waals surface area contributed by atoms with Gasteiger partial charge in [0.05, 0.1) is 10.7 Å². The maximum Gasteiger partial charge on any atom is 0.149 e. The predicted molar refractivity (Wildman–Crippen MR) is 72.4 cm³/mol. The maximum atomic E-state index is 5.87. The Bertz CT molecular complexity index is 507. The zero-order valence-electron chi connectivity index (χ0n) is 10.0. The molecule has 17 heavy (non-hydrogen) atoms. The van der Waals surface area contributed by atoms with Crippen LogP contribution in [0.25, 0.3) is 0 Å². The number of aryl methyl sites for hydroxylation is 2. The zero-order valence-corrected chi connectivity index (χ0v) is 10.8. The molecule has 0 fully saturated rings. The Labute approximate surface area is 105 Å². The highest BCUT2D eigenvalue weighted by atomic mass is 32.1. The minimum atomic E-state index is 0.695. The standard InChI is InChI=1S/C12H16N4S/c1-8-5-10(13)12(15-6-8)14-4-3-11-16-9(2)7-17-11/h5-7H,3-4,13H2,1-2H3,(H,14,15). The summed E-state index contributed by atoms with van der Waals surface area (Å²) in [5, 5.41) is 6.43. The fourth-order valence-corrected chi connectivity index (χ4v) is 2.32. The monoisotopic (exact) mass is 248 g/mol. The third-order valence-electron chi connectivity index (χ3n) is 2.35. The van der Waals surface area contributed by atoms with Crippen molar-refractivity contribution >= 4 is 22.8 Å². The SMILES string of the molecule is Cc1cnc(NCCc2nc(C)cs2)c(N)c1. The first kappa shape index (κ1) is 11.9. The molecule has 0 unspecified atom stereocenters. The summed E-state index contributed by atoms with van der Waals surface area (Å²) in [4.78, 5) is 8.67. The van der Waals surface area contributed by atoms with Crippen LogP contribution in [-0.2, 0) is 6.42 Å². The van der Waals surface area contributed by atoms with Gasteiger partial charge in [-0.3, -0.25) is 0 Å². The predicted octanol–water partition coefficient (Wildman–Crippen LogP) is 2.39. The molecule has 0 aliphatic rings. The van der Waals surface area contributed by atoms with Crippen molar-refractivity contribution in [1.29, 1.82) is 0 Å². The lowest BCUT2D eigenvalue weighted by Crippen LogP contribution is -2.08. The van der Waals surface area contributed by atoms with E-state index >= 15 is 0 Å². The lowest BCUT2D eigenvalue weighted by atomic mass is 10.3. The number of hydrogen-bond acceptors (Lipinski definition) is 5. The summed E-state index contributed by atoms with van der Waals surface area (Å²) in [6, 6.07) is 1.92. The van der Waals surface area contributed by atoms with Crippen LogP contribution in [0.15, 0.2) is 17.6 Å². The molecule has 0 radical (unpaired) electrons. The van der Waals surface area contributed by atoms with E-state index < -0.39 is 0 Å². The number of aromatic nitrogens is 2. The van der Waals surface area contributed by atoms with Crippen LogP contribution in [0, 0.1) is 13.8 Å². The second-order valence-corrected chi connectivity index (χ2v) is 4.95. The molecule has 0 aliphatic heterocycles. The van der Waals surface area contributed by atoms with Gasteiger partial charge in [-0.15, -0.1) is 11.3 Å². The molecule has 0 saturated carbocycles. The number of nitrogens with one attached hydrogen (secondary N) is 1. The van der Waals surface area contributed by atoms with Gasteiger partial charge in [-0.05, 0) is 25.5 Å². The third kappa shape index (κ3) is 3.17. The number of anilines is 2. The van der Waals surface area contributed by atoms with E-state index in [2.05, 4.69) is 20.7 Å². The second kappa shape index (κ2) is 5.14. The number of thiazole rings is 1. The second-order valence-electron chi connectivity index (χ2n) is 4.01. The van der Waals surface area contributed by atoms with Crippen molar-refractivity contribution in [1.82, 2.24) is 9.97 Å². The highest BCUT2D eigenvalue weighted by Crippen LogP contribution is 2.16. The Morgan fingerprint density at radius 3 is 2.88 bits per heavy atom. The molecule has 5 heteroatoms. The van der Waals surface area contributed by atoms with Gasteiger partial charge in [-0.2, -0.15) is 0 Å². The summed E-state index contributed by atoms with van der Waals surface area (Å²) in [6.45, 7) is 4.78. The van der Waals surface area contributed by atoms with Crippen LogP contribution < -0.4 is 11.1 Å². The number of nitrogens with two attached hydrogens (primary N) is 1. The number of nitrogen functional groups attached to an aromatic ring is 1. The molecule has 0 bridgehead atoms. The molecule has 2 aromatic rings. The molecular formula is C12H16N4S. The molecule has 0 atom stereocenters. The first-order valence-corrected chi connectivity index (χ1v) is 6.40. The van der Waals surface area contributed by atoms with Crippen LogP contribution in [0.2, 0.25) is 0 Å². The molecule has 0 saturated heterocycles. The van der Waals surface area contributed by atoms with Crippen molar-refractivity contribution < 1.29 is 0 Å². The normalized spacial score (nSPS) is 10.5. The van der Waals surface area contributed by atoms with Crippen LogP contribution in [0.4, 0.5) is 11.5 Å². The summed E-state index contributed by atoms with van der Waals surface area (Å²) in [5.74, 6) is 0.754. The van der Waals surface area contributed by atoms with Crippen LogP contribution in [0.1, 0.15) is 16.3 Å². The van der Waals surface area contributed by atoms with Crippen molar-refractivity contribution in [2.45, 2.75) is 20.3 Å². The molecule has 0 aromatic carbocycles.